The van der Waals surface area contributed by atoms with Gasteiger partial charge in [-0.15, -0.1) is 0 Å². The maximum atomic E-state index is 5.85. The molecule has 2 nitrogen and oxygen atoms in total. The van der Waals surface area contributed by atoms with Crippen molar-refractivity contribution in [2.45, 2.75) is 33.2 Å². The number of benzene rings is 2. The molecule has 2 rings (SSSR count). The Balaban J connectivity index is 1.98. The minimum absolute atomic E-state index is 0.550. The summed E-state index contributed by atoms with van der Waals surface area (Å²) in [5.41, 5.74) is 2.60. The largest absolute Gasteiger partial charge is 0.457 e. The molecule has 106 valence electrons. The fourth-order valence-corrected chi connectivity index (χ4v) is 2.00. The fraction of sp³-hybridized carbons (Fsp3) is 0.333. The van der Waals surface area contributed by atoms with E-state index in [-0.39, 0.29) is 0 Å². The Kier molecular flexibility index (Phi) is 5.19. The molecule has 1 N–H and O–H groups in total. The van der Waals surface area contributed by atoms with Crippen molar-refractivity contribution < 1.29 is 4.74 Å². The Hall–Kier alpha value is -1.80. The number of nitrogens with one attached hydrogen (secondary N) is 1. The van der Waals surface area contributed by atoms with E-state index in [1.165, 1.54) is 11.1 Å². The van der Waals surface area contributed by atoms with Crippen LogP contribution in [0.1, 0.15) is 37.8 Å². The lowest BCUT2D eigenvalue weighted by Crippen LogP contribution is -2.11. The normalized spacial score (nSPS) is 10.8. The molecule has 0 aliphatic carbocycles. The first-order valence-electron chi connectivity index (χ1n) is 7.26. The summed E-state index contributed by atoms with van der Waals surface area (Å²) in [6.07, 6.45) is 0. The van der Waals surface area contributed by atoms with Gasteiger partial charge in [-0.05, 0) is 47.9 Å². The molecule has 0 unspecified atom stereocenters. The van der Waals surface area contributed by atoms with Crippen LogP contribution >= 0.6 is 0 Å². The maximum Gasteiger partial charge on any atom is 0.127 e. The molecule has 0 fully saturated rings. The van der Waals surface area contributed by atoms with Crippen LogP contribution < -0.4 is 10.1 Å². The standard InChI is InChI=1S/C18H23NO/c1-4-19-13-15-5-9-17(10-6-15)20-18-11-7-16(8-12-18)14(2)3/h5-12,14,19H,4,13H2,1-3H3. The van der Waals surface area contributed by atoms with Gasteiger partial charge in [-0.25, -0.2) is 0 Å². The van der Waals surface area contributed by atoms with Gasteiger partial charge in [-0.3, -0.25) is 0 Å². The fourth-order valence-electron chi connectivity index (χ4n) is 2.00. The van der Waals surface area contributed by atoms with Gasteiger partial charge in [-0.1, -0.05) is 45.0 Å². The molecule has 0 aliphatic rings. The summed E-state index contributed by atoms with van der Waals surface area (Å²) < 4.78 is 5.85. The van der Waals surface area contributed by atoms with Gasteiger partial charge in [0, 0.05) is 6.54 Å². The zero-order valence-corrected chi connectivity index (χ0v) is 12.5. The van der Waals surface area contributed by atoms with Gasteiger partial charge >= 0.3 is 0 Å². The SMILES string of the molecule is CCNCc1ccc(Oc2ccc(C(C)C)cc2)cc1. The van der Waals surface area contributed by atoms with E-state index >= 15 is 0 Å². The molecular formula is C18H23NO. The van der Waals surface area contributed by atoms with Crippen molar-refractivity contribution in [3.8, 4) is 11.5 Å². The molecule has 2 aromatic rings. The first-order valence-corrected chi connectivity index (χ1v) is 7.26. The first-order chi connectivity index (χ1) is 9.69. The number of hydrogen-bond acceptors (Lipinski definition) is 2. The summed E-state index contributed by atoms with van der Waals surface area (Å²) in [7, 11) is 0. The second-order valence-electron chi connectivity index (χ2n) is 5.25. The van der Waals surface area contributed by atoms with Crippen LogP contribution in [0.3, 0.4) is 0 Å². The second-order valence-corrected chi connectivity index (χ2v) is 5.25. The van der Waals surface area contributed by atoms with Gasteiger partial charge in [0.25, 0.3) is 0 Å². The Labute approximate surface area is 121 Å². The predicted octanol–water partition coefficient (Wildman–Crippen LogP) is 4.71. The van der Waals surface area contributed by atoms with Crippen LogP contribution in [-0.2, 0) is 6.54 Å². The van der Waals surface area contributed by atoms with Crippen molar-refractivity contribution in [3.63, 3.8) is 0 Å². The van der Waals surface area contributed by atoms with E-state index in [0.29, 0.717) is 5.92 Å². The molecule has 0 amide bonds. The summed E-state index contributed by atoms with van der Waals surface area (Å²) in [4.78, 5) is 0. The quantitative estimate of drug-likeness (QED) is 0.820. The van der Waals surface area contributed by atoms with Gasteiger partial charge in [0.05, 0.1) is 0 Å². The van der Waals surface area contributed by atoms with Crippen molar-refractivity contribution in [3.05, 3.63) is 59.7 Å². The predicted molar refractivity (Wildman–Crippen MR) is 84.4 cm³/mol. The van der Waals surface area contributed by atoms with E-state index in [4.69, 9.17) is 4.74 Å². The minimum atomic E-state index is 0.550. The second kappa shape index (κ2) is 7.11. The van der Waals surface area contributed by atoms with E-state index in [2.05, 4.69) is 50.4 Å². The third-order valence-corrected chi connectivity index (χ3v) is 3.28. The van der Waals surface area contributed by atoms with Crippen molar-refractivity contribution >= 4 is 0 Å². The summed E-state index contributed by atoms with van der Waals surface area (Å²) in [6, 6.07) is 16.5. The zero-order chi connectivity index (χ0) is 14.4. The van der Waals surface area contributed by atoms with E-state index in [9.17, 15) is 0 Å². The lowest BCUT2D eigenvalue weighted by molar-refractivity contribution is 0.482. The van der Waals surface area contributed by atoms with Gasteiger partial charge in [0.15, 0.2) is 0 Å². The Morgan fingerprint density at radius 1 is 0.900 bits per heavy atom. The van der Waals surface area contributed by atoms with Crippen LogP contribution in [0.5, 0.6) is 11.5 Å². The molecule has 0 spiro atoms. The van der Waals surface area contributed by atoms with Gasteiger partial charge in [0.2, 0.25) is 0 Å². The third kappa shape index (κ3) is 4.10. The highest BCUT2D eigenvalue weighted by molar-refractivity contribution is 5.35. The van der Waals surface area contributed by atoms with Crippen molar-refractivity contribution in [1.82, 2.24) is 5.32 Å². The Morgan fingerprint density at radius 3 is 1.95 bits per heavy atom. The molecule has 0 atom stereocenters. The monoisotopic (exact) mass is 269 g/mol. The summed E-state index contributed by atoms with van der Waals surface area (Å²) in [5.74, 6) is 2.31. The van der Waals surface area contributed by atoms with Crippen LogP contribution in [0.15, 0.2) is 48.5 Å². The highest BCUT2D eigenvalue weighted by Gasteiger charge is 2.01. The summed E-state index contributed by atoms with van der Waals surface area (Å²) in [6.45, 7) is 8.39. The Morgan fingerprint density at radius 2 is 1.45 bits per heavy atom. The zero-order valence-electron chi connectivity index (χ0n) is 12.5. The van der Waals surface area contributed by atoms with Crippen molar-refractivity contribution in [1.29, 1.82) is 0 Å². The molecule has 0 heterocycles. The highest BCUT2D eigenvalue weighted by Crippen LogP contribution is 2.24. The van der Waals surface area contributed by atoms with Crippen LogP contribution in [0.25, 0.3) is 0 Å². The number of hydrogen-bond donors (Lipinski definition) is 1. The third-order valence-electron chi connectivity index (χ3n) is 3.28. The van der Waals surface area contributed by atoms with E-state index in [1.54, 1.807) is 0 Å². The van der Waals surface area contributed by atoms with Crippen LogP contribution in [0, 0.1) is 0 Å². The van der Waals surface area contributed by atoms with Gasteiger partial charge in [-0.2, -0.15) is 0 Å². The lowest BCUT2D eigenvalue weighted by atomic mass is 10.0. The van der Waals surface area contributed by atoms with Crippen molar-refractivity contribution in [2.75, 3.05) is 6.54 Å². The average Bonchev–Trinajstić information content (AvgIpc) is 2.47. The Bertz CT molecular complexity index is 514. The molecule has 0 radical (unpaired) electrons. The minimum Gasteiger partial charge on any atom is -0.457 e. The number of ether oxygens (including phenoxy) is 1. The number of rotatable bonds is 6. The first kappa shape index (κ1) is 14.6. The molecule has 0 saturated heterocycles. The molecule has 20 heavy (non-hydrogen) atoms. The van der Waals surface area contributed by atoms with Crippen molar-refractivity contribution in [2.24, 2.45) is 0 Å². The maximum absolute atomic E-state index is 5.85. The molecule has 2 aromatic carbocycles. The lowest BCUT2D eigenvalue weighted by Gasteiger charge is -2.09. The van der Waals surface area contributed by atoms with E-state index < -0.39 is 0 Å². The van der Waals surface area contributed by atoms with Gasteiger partial charge in [0.1, 0.15) is 11.5 Å². The summed E-state index contributed by atoms with van der Waals surface area (Å²) >= 11 is 0. The highest BCUT2D eigenvalue weighted by atomic mass is 16.5. The van der Waals surface area contributed by atoms with E-state index in [1.807, 2.05) is 24.3 Å². The molecule has 2 heteroatoms. The smallest absolute Gasteiger partial charge is 0.127 e. The molecule has 0 aliphatic heterocycles. The summed E-state index contributed by atoms with van der Waals surface area (Å²) in [5, 5.41) is 3.31. The molecule has 0 aromatic heterocycles. The van der Waals surface area contributed by atoms with Crippen LogP contribution in [-0.4, -0.2) is 6.54 Å². The van der Waals surface area contributed by atoms with E-state index in [0.717, 1.165) is 24.6 Å². The molecule has 0 saturated carbocycles. The topological polar surface area (TPSA) is 21.3 Å². The van der Waals surface area contributed by atoms with Gasteiger partial charge < -0.3 is 10.1 Å². The van der Waals surface area contributed by atoms with Crippen LogP contribution in [0.4, 0.5) is 0 Å². The molecule has 0 bridgehead atoms. The average molecular weight is 269 g/mol. The molecular weight excluding hydrogens is 246 g/mol. The van der Waals surface area contributed by atoms with Crippen LogP contribution in [0.2, 0.25) is 0 Å².